The normalized spacial score (nSPS) is 29.2. The first kappa shape index (κ1) is 8.52. The smallest absolute Gasteiger partial charge is 0.0226 e. The Labute approximate surface area is 75.3 Å². The summed E-state index contributed by atoms with van der Waals surface area (Å²) in [6, 6.07) is 0.729. The molecule has 2 aliphatic rings. The van der Waals surface area contributed by atoms with Crippen molar-refractivity contribution in [2.24, 2.45) is 0 Å². The van der Waals surface area contributed by atoms with Gasteiger partial charge >= 0.3 is 0 Å². The lowest BCUT2D eigenvalue weighted by atomic mass is 10.1. The molecule has 1 saturated heterocycles. The Bertz CT molecular complexity index is 161. The first-order valence-corrected chi connectivity index (χ1v) is 5.22. The first-order chi connectivity index (χ1) is 5.75. The van der Waals surface area contributed by atoms with Crippen LogP contribution in [-0.2, 0) is 0 Å². The molecule has 1 heterocycles. The standard InChI is InChI=1S/C10H20N2/c1-9(2)12-8-7-11-6-5-10(12)3-4-10/h9,11H,3-8H2,1-2H3. The molecule has 2 fully saturated rings. The van der Waals surface area contributed by atoms with E-state index in [1.165, 1.54) is 38.9 Å². The predicted molar refractivity (Wildman–Crippen MR) is 51.3 cm³/mol. The Morgan fingerprint density at radius 1 is 1.17 bits per heavy atom. The topological polar surface area (TPSA) is 15.3 Å². The molecule has 0 radical (unpaired) electrons. The van der Waals surface area contributed by atoms with E-state index in [2.05, 4.69) is 24.1 Å². The summed E-state index contributed by atoms with van der Waals surface area (Å²) >= 11 is 0. The maximum absolute atomic E-state index is 3.49. The summed E-state index contributed by atoms with van der Waals surface area (Å²) in [4.78, 5) is 2.70. The second-order valence-electron chi connectivity index (χ2n) is 4.51. The minimum absolute atomic E-state index is 0.623. The number of rotatable bonds is 1. The van der Waals surface area contributed by atoms with Crippen molar-refractivity contribution < 1.29 is 0 Å². The van der Waals surface area contributed by atoms with Crippen LogP contribution in [0, 0.1) is 0 Å². The molecule has 0 aromatic rings. The van der Waals surface area contributed by atoms with E-state index >= 15 is 0 Å². The van der Waals surface area contributed by atoms with Crippen LogP contribution in [0.2, 0.25) is 0 Å². The third-order valence-corrected chi connectivity index (χ3v) is 3.36. The van der Waals surface area contributed by atoms with Crippen molar-refractivity contribution in [2.45, 2.75) is 44.7 Å². The molecule has 0 bridgehead atoms. The van der Waals surface area contributed by atoms with Crippen LogP contribution >= 0.6 is 0 Å². The monoisotopic (exact) mass is 168 g/mol. The molecule has 2 nitrogen and oxygen atoms in total. The molecule has 1 saturated carbocycles. The van der Waals surface area contributed by atoms with Crippen molar-refractivity contribution in [3.63, 3.8) is 0 Å². The van der Waals surface area contributed by atoms with Gasteiger partial charge in [-0.3, -0.25) is 4.90 Å². The summed E-state index contributed by atoms with van der Waals surface area (Å²) < 4.78 is 0. The van der Waals surface area contributed by atoms with Gasteiger partial charge in [-0.05, 0) is 39.7 Å². The van der Waals surface area contributed by atoms with E-state index in [4.69, 9.17) is 0 Å². The van der Waals surface area contributed by atoms with Crippen LogP contribution in [0.1, 0.15) is 33.1 Å². The fraction of sp³-hybridized carbons (Fsp3) is 1.00. The number of nitrogens with zero attached hydrogens (tertiary/aromatic N) is 1. The maximum atomic E-state index is 3.49. The third-order valence-electron chi connectivity index (χ3n) is 3.36. The van der Waals surface area contributed by atoms with Gasteiger partial charge in [-0.25, -0.2) is 0 Å². The molecule has 1 aliphatic heterocycles. The Hall–Kier alpha value is -0.0800. The van der Waals surface area contributed by atoms with Gasteiger partial charge in [-0.2, -0.15) is 0 Å². The summed E-state index contributed by atoms with van der Waals surface area (Å²) in [6.07, 6.45) is 4.24. The molecule has 0 amide bonds. The molecule has 0 unspecified atom stereocenters. The molecule has 1 N–H and O–H groups in total. The molecule has 0 atom stereocenters. The van der Waals surface area contributed by atoms with Crippen LogP contribution < -0.4 is 5.32 Å². The number of hydrogen-bond donors (Lipinski definition) is 1. The highest BCUT2D eigenvalue weighted by Crippen LogP contribution is 2.45. The largest absolute Gasteiger partial charge is 0.315 e. The van der Waals surface area contributed by atoms with Crippen LogP contribution in [-0.4, -0.2) is 36.1 Å². The van der Waals surface area contributed by atoms with E-state index in [0.717, 1.165) is 6.04 Å². The van der Waals surface area contributed by atoms with Gasteiger partial charge in [-0.1, -0.05) is 0 Å². The highest BCUT2D eigenvalue weighted by atomic mass is 15.3. The van der Waals surface area contributed by atoms with Crippen LogP contribution in [0.15, 0.2) is 0 Å². The van der Waals surface area contributed by atoms with Gasteiger partial charge < -0.3 is 5.32 Å². The van der Waals surface area contributed by atoms with Gasteiger partial charge in [-0.15, -0.1) is 0 Å². The highest BCUT2D eigenvalue weighted by molar-refractivity contribution is 5.06. The lowest BCUT2D eigenvalue weighted by Crippen LogP contribution is -2.43. The van der Waals surface area contributed by atoms with E-state index in [9.17, 15) is 0 Å². The van der Waals surface area contributed by atoms with Gasteiger partial charge in [0, 0.05) is 24.7 Å². The van der Waals surface area contributed by atoms with E-state index < -0.39 is 0 Å². The Balaban J connectivity index is 2.06. The minimum Gasteiger partial charge on any atom is -0.315 e. The lowest BCUT2D eigenvalue weighted by Gasteiger charge is -2.33. The molecule has 1 spiro atoms. The zero-order valence-electron chi connectivity index (χ0n) is 8.27. The average molecular weight is 168 g/mol. The fourth-order valence-electron chi connectivity index (χ4n) is 2.51. The van der Waals surface area contributed by atoms with Gasteiger partial charge in [0.1, 0.15) is 0 Å². The Kier molecular flexibility index (Phi) is 2.13. The van der Waals surface area contributed by atoms with E-state index in [1.54, 1.807) is 0 Å². The molecule has 70 valence electrons. The summed E-state index contributed by atoms with van der Waals surface area (Å²) in [6.45, 7) is 8.30. The zero-order valence-corrected chi connectivity index (χ0v) is 8.27. The van der Waals surface area contributed by atoms with Crippen molar-refractivity contribution in [2.75, 3.05) is 19.6 Å². The highest BCUT2D eigenvalue weighted by Gasteiger charge is 2.48. The van der Waals surface area contributed by atoms with Gasteiger partial charge in [0.15, 0.2) is 0 Å². The lowest BCUT2D eigenvalue weighted by molar-refractivity contribution is 0.144. The van der Waals surface area contributed by atoms with Crippen LogP contribution in [0.25, 0.3) is 0 Å². The van der Waals surface area contributed by atoms with Crippen LogP contribution in [0.4, 0.5) is 0 Å². The van der Waals surface area contributed by atoms with E-state index in [0.29, 0.717) is 5.54 Å². The number of nitrogens with one attached hydrogen (secondary N) is 1. The Morgan fingerprint density at radius 2 is 1.92 bits per heavy atom. The SMILES string of the molecule is CC(C)N1CCNCCC12CC2. The predicted octanol–water partition coefficient (Wildman–Crippen LogP) is 1.22. The van der Waals surface area contributed by atoms with E-state index in [-0.39, 0.29) is 0 Å². The van der Waals surface area contributed by atoms with Crippen molar-refractivity contribution in [3.05, 3.63) is 0 Å². The molecule has 2 heteroatoms. The number of hydrogen-bond acceptors (Lipinski definition) is 2. The van der Waals surface area contributed by atoms with Gasteiger partial charge in [0.05, 0.1) is 0 Å². The first-order valence-electron chi connectivity index (χ1n) is 5.22. The fourth-order valence-corrected chi connectivity index (χ4v) is 2.51. The van der Waals surface area contributed by atoms with Crippen molar-refractivity contribution in [1.82, 2.24) is 10.2 Å². The van der Waals surface area contributed by atoms with Crippen LogP contribution in [0.3, 0.4) is 0 Å². The summed E-state index contributed by atoms with van der Waals surface area (Å²) in [5.74, 6) is 0. The molecule has 2 rings (SSSR count). The van der Waals surface area contributed by atoms with Gasteiger partial charge in [0.2, 0.25) is 0 Å². The van der Waals surface area contributed by atoms with Crippen molar-refractivity contribution in [3.8, 4) is 0 Å². The second-order valence-corrected chi connectivity index (χ2v) is 4.51. The maximum Gasteiger partial charge on any atom is 0.0226 e. The van der Waals surface area contributed by atoms with Crippen LogP contribution in [0.5, 0.6) is 0 Å². The molecule has 0 aromatic heterocycles. The molecule has 1 aliphatic carbocycles. The van der Waals surface area contributed by atoms with Crippen molar-refractivity contribution in [1.29, 1.82) is 0 Å². The molecular weight excluding hydrogens is 148 g/mol. The summed E-state index contributed by atoms with van der Waals surface area (Å²) in [5.41, 5.74) is 0.623. The average Bonchev–Trinajstić information content (AvgIpc) is 2.80. The summed E-state index contributed by atoms with van der Waals surface area (Å²) in [5, 5.41) is 3.49. The second kappa shape index (κ2) is 3.00. The molecular formula is C10H20N2. The molecule has 12 heavy (non-hydrogen) atoms. The molecule has 0 aromatic carbocycles. The van der Waals surface area contributed by atoms with Gasteiger partial charge in [0.25, 0.3) is 0 Å². The Morgan fingerprint density at radius 3 is 2.50 bits per heavy atom. The third kappa shape index (κ3) is 1.38. The zero-order chi connectivity index (χ0) is 8.60. The minimum atomic E-state index is 0.623. The summed E-state index contributed by atoms with van der Waals surface area (Å²) in [7, 11) is 0. The quantitative estimate of drug-likeness (QED) is 0.633. The van der Waals surface area contributed by atoms with E-state index in [1.807, 2.05) is 0 Å². The van der Waals surface area contributed by atoms with Crippen molar-refractivity contribution >= 4 is 0 Å².